The summed E-state index contributed by atoms with van der Waals surface area (Å²) >= 11 is 12.0. The Hall–Kier alpha value is -1.58. The molecule has 0 aromatic heterocycles. The first-order valence-electron chi connectivity index (χ1n) is 5.65. The van der Waals surface area contributed by atoms with Gasteiger partial charge in [0, 0.05) is 23.2 Å². The van der Waals surface area contributed by atoms with Gasteiger partial charge in [-0.1, -0.05) is 35.3 Å². The molecule has 2 aromatic carbocycles. The Balaban J connectivity index is 2.20. The minimum Gasteiger partial charge on any atom is -0.504 e. The van der Waals surface area contributed by atoms with Crippen LogP contribution in [-0.2, 0) is 6.54 Å². The molecule has 0 fully saturated rings. The molecule has 0 unspecified atom stereocenters. The zero-order chi connectivity index (χ0) is 13.8. The van der Waals surface area contributed by atoms with Crippen LogP contribution in [0.5, 0.6) is 11.5 Å². The number of aromatic hydroxyl groups is 1. The highest BCUT2D eigenvalue weighted by Gasteiger charge is 2.10. The van der Waals surface area contributed by atoms with E-state index in [4.69, 9.17) is 27.9 Å². The third-order valence-electron chi connectivity index (χ3n) is 2.68. The Morgan fingerprint density at radius 2 is 1.95 bits per heavy atom. The molecule has 100 valence electrons. The average Bonchev–Trinajstić information content (AvgIpc) is 2.41. The van der Waals surface area contributed by atoms with Crippen molar-refractivity contribution < 1.29 is 9.84 Å². The predicted octanol–water partition coefficient (Wildman–Crippen LogP) is 4.32. The molecule has 0 spiro atoms. The predicted molar refractivity (Wildman–Crippen MR) is 78.4 cm³/mol. The standard InChI is InChI=1S/C14H13Cl2NO2/c1-19-13-7-10(15)6-9(14(13)18)8-17-12-5-3-2-4-11(12)16/h2-7,17-18H,8H2,1H3. The number of para-hydroxylation sites is 1. The molecule has 0 radical (unpaired) electrons. The Morgan fingerprint density at radius 3 is 2.63 bits per heavy atom. The first-order valence-corrected chi connectivity index (χ1v) is 6.41. The largest absolute Gasteiger partial charge is 0.504 e. The molecule has 0 aliphatic carbocycles. The van der Waals surface area contributed by atoms with E-state index in [0.29, 0.717) is 27.9 Å². The molecular formula is C14H13Cl2NO2. The van der Waals surface area contributed by atoms with Gasteiger partial charge in [0.25, 0.3) is 0 Å². The molecule has 2 rings (SSSR count). The monoisotopic (exact) mass is 297 g/mol. The minimum atomic E-state index is 0.0754. The number of methoxy groups -OCH3 is 1. The number of nitrogens with one attached hydrogen (secondary N) is 1. The molecule has 0 atom stereocenters. The first-order chi connectivity index (χ1) is 9.11. The molecule has 0 aliphatic heterocycles. The summed E-state index contributed by atoms with van der Waals surface area (Å²) in [7, 11) is 1.48. The number of anilines is 1. The van der Waals surface area contributed by atoms with Crippen molar-refractivity contribution in [3.8, 4) is 11.5 Å². The van der Waals surface area contributed by atoms with Crippen LogP contribution in [0.15, 0.2) is 36.4 Å². The summed E-state index contributed by atoms with van der Waals surface area (Å²) in [5, 5.41) is 14.3. The molecule has 0 bridgehead atoms. The number of halogens is 2. The fourth-order valence-electron chi connectivity index (χ4n) is 1.71. The van der Waals surface area contributed by atoms with Gasteiger partial charge in [-0.2, -0.15) is 0 Å². The molecule has 0 saturated heterocycles. The number of hydrogen-bond acceptors (Lipinski definition) is 3. The Morgan fingerprint density at radius 1 is 1.21 bits per heavy atom. The maximum Gasteiger partial charge on any atom is 0.162 e. The van der Waals surface area contributed by atoms with E-state index in [9.17, 15) is 5.11 Å². The van der Waals surface area contributed by atoms with E-state index < -0.39 is 0 Å². The van der Waals surface area contributed by atoms with Gasteiger partial charge >= 0.3 is 0 Å². The van der Waals surface area contributed by atoms with Crippen LogP contribution >= 0.6 is 23.2 Å². The van der Waals surface area contributed by atoms with Crippen LogP contribution in [0.4, 0.5) is 5.69 Å². The van der Waals surface area contributed by atoms with Crippen LogP contribution in [0.3, 0.4) is 0 Å². The number of ether oxygens (including phenoxy) is 1. The second kappa shape index (κ2) is 6.04. The summed E-state index contributed by atoms with van der Waals surface area (Å²) in [4.78, 5) is 0. The zero-order valence-corrected chi connectivity index (χ0v) is 11.8. The lowest BCUT2D eigenvalue weighted by Gasteiger charge is -2.12. The lowest BCUT2D eigenvalue weighted by molar-refractivity contribution is 0.371. The van der Waals surface area contributed by atoms with E-state index in [2.05, 4.69) is 5.32 Å². The molecule has 3 nitrogen and oxygen atoms in total. The van der Waals surface area contributed by atoms with Gasteiger partial charge in [0.05, 0.1) is 17.8 Å². The van der Waals surface area contributed by atoms with Gasteiger partial charge in [-0.3, -0.25) is 0 Å². The van der Waals surface area contributed by atoms with E-state index >= 15 is 0 Å². The average molecular weight is 298 g/mol. The van der Waals surface area contributed by atoms with Crippen LogP contribution in [0.2, 0.25) is 10.0 Å². The second-order valence-electron chi connectivity index (χ2n) is 3.95. The number of phenolic OH excluding ortho intramolecular Hbond substituents is 1. The topological polar surface area (TPSA) is 41.5 Å². The summed E-state index contributed by atoms with van der Waals surface area (Å²) < 4.78 is 5.05. The molecule has 2 aromatic rings. The number of phenols is 1. The first kappa shape index (κ1) is 13.8. The van der Waals surface area contributed by atoms with Crippen LogP contribution < -0.4 is 10.1 Å². The molecule has 0 saturated carbocycles. The third kappa shape index (κ3) is 3.25. The number of benzene rings is 2. The van der Waals surface area contributed by atoms with E-state index in [1.165, 1.54) is 7.11 Å². The van der Waals surface area contributed by atoms with Crippen molar-refractivity contribution in [2.45, 2.75) is 6.54 Å². The van der Waals surface area contributed by atoms with Crippen molar-refractivity contribution in [2.24, 2.45) is 0 Å². The minimum absolute atomic E-state index is 0.0754. The lowest BCUT2D eigenvalue weighted by atomic mass is 10.1. The fourth-order valence-corrected chi connectivity index (χ4v) is 2.15. The summed E-state index contributed by atoms with van der Waals surface area (Å²) in [6.07, 6.45) is 0. The molecule has 19 heavy (non-hydrogen) atoms. The molecular weight excluding hydrogens is 285 g/mol. The number of rotatable bonds is 4. The van der Waals surface area contributed by atoms with Crippen molar-refractivity contribution >= 4 is 28.9 Å². The van der Waals surface area contributed by atoms with Gasteiger partial charge in [0.2, 0.25) is 0 Å². The van der Waals surface area contributed by atoms with Crippen LogP contribution in [0.1, 0.15) is 5.56 Å². The van der Waals surface area contributed by atoms with Gasteiger partial charge in [0.1, 0.15) is 0 Å². The van der Waals surface area contributed by atoms with E-state index in [0.717, 1.165) is 5.69 Å². The number of hydrogen-bond donors (Lipinski definition) is 2. The van der Waals surface area contributed by atoms with Crippen LogP contribution in [0.25, 0.3) is 0 Å². The molecule has 0 amide bonds. The maximum atomic E-state index is 10.0. The van der Waals surface area contributed by atoms with Gasteiger partial charge < -0.3 is 15.2 Å². The van der Waals surface area contributed by atoms with Gasteiger partial charge in [-0.05, 0) is 18.2 Å². The molecule has 5 heteroatoms. The van der Waals surface area contributed by atoms with Crippen molar-refractivity contribution in [3.63, 3.8) is 0 Å². The van der Waals surface area contributed by atoms with Crippen molar-refractivity contribution in [2.75, 3.05) is 12.4 Å². The quantitative estimate of drug-likeness (QED) is 0.883. The highest BCUT2D eigenvalue weighted by atomic mass is 35.5. The van der Waals surface area contributed by atoms with E-state index in [-0.39, 0.29) is 5.75 Å². The zero-order valence-electron chi connectivity index (χ0n) is 10.3. The van der Waals surface area contributed by atoms with E-state index in [1.54, 1.807) is 18.2 Å². The Bertz CT molecular complexity index is 588. The fraction of sp³-hybridized carbons (Fsp3) is 0.143. The molecule has 0 aliphatic rings. The summed E-state index contributed by atoms with van der Waals surface area (Å²) in [5.41, 5.74) is 1.44. The van der Waals surface area contributed by atoms with Crippen molar-refractivity contribution in [1.29, 1.82) is 0 Å². The summed E-state index contributed by atoms with van der Waals surface area (Å²) in [5.74, 6) is 0.426. The molecule has 2 N–H and O–H groups in total. The Labute approximate surface area is 121 Å². The SMILES string of the molecule is COc1cc(Cl)cc(CNc2ccccc2Cl)c1O. The van der Waals surface area contributed by atoms with Gasteiger partial charge in [0.15, 0.2) is 11.5 Å². The maximum absolute atomic E-state index is 10.0. The molecule has 0 heterocycles. The smallest absolute Gasteiger partial charge is 0.162 e. The van der Waals surface area contributed by atoms with Crippen molar-refractivity contribution in [1.82, 2.24) is 0 Å². The van der Waals surface area contributed by atoms with E-state index in [1.807, 2.05) is 18.2 Å². The van der Waals surface area contributed by atoms with Gasteiger partial charge in [-0.15, -0.1) is 0 Å². The lowest BCUT2D eigenvalue weighted by Crippen LogP contribution is -2.01. The highest BCUT2D eigenvalue weighted by molar-refractivity contribution is 6.33. The Kier molecular flexibility index (Phi) is 4.40. The summed E-state index contributed by atoms with van der Waals surface area (Å²) in [6, 6.07) is 10.6. The highest BCUT2D eigenvalue weighted by Crippen LogP contribution is 2.34. The summed E-state index contributed by atoms with van der Waals surface area (Å²) in [6.45, 7) is 0.395. The van der Waals surface area contributed by atoms with Crippen LogP contribution in [0, 0.1) is 0 Å². The van der Waals surface area contributed by atoms with Gasteiger partial charge in [-0.25, -0.2) is 0 Å². The normalized spacial score (nSPS) is 10.3. The van der Waals surface area contributed by atoms with Crippen LogP contribution in [-0.4, -0.2) is 12.2 Å². The third-order valence-corrected chi connectivity index (χ3v) is 3.23. The second-order valence-corrected chi connectivity index (χ2v) is 4.79. The van der Waals surface area contributed by atoms with Crippen molar-refractivity contribution in [3.05, 3.63) is 52.0 Å².